The molecule has 0 saturated carbocycles. The largest absolute Gasteiger partial charge is 0.445 e. The van der Waals surface area contributed by atoms with E-state index in [1.54, 1.807) is 24.9 Å². The molecule has 284 valence electrons. The van der Waals surface area contributed by atoms with Crippen molar-refractivity contribution in [1.29, 1.82) is 5.26 Å². The molecule has 1 aliphatic rings. The second-order valence-corrected chi connectivity index (χ2v) is 14.7. The average Bonchev–Trinajstić information content (AvgIpc) is 4.16. The molecule has 4 unspecified atom stereocenters. The van der Waals surface area contributed by atoms with Gasteiger partial charge < -0.3 is 19.3 Å². The van der Waals surface area contributed by atoms with Crippen LogP contribution < -0.4 is 4.90 Å². The van der Waals surface area contributed by atoms with Gasteiger partial charge in [0.25, 0.3) is 0 Å². The van der Waals surface area contributed by atoms with Gasteiger partial charge in [-0.05, 0) is 52.6 Å². The normalized spacial score (nSPS) is 22.5. The molecule has 1 aliphatic heterocycles. The molecule has 59 heavy (non-hydrogen) atoms. The number of imidazole rings is 2. The SMILES string of the molecule is N#CC1(c2ccccc2)N(c2ccccc2)C(Cc2ncc[nH]2)(c2ccccc2-c2ncco2)C(c2ccccc2)(c2ccccn2)C1(c1ccccc1)c1ncc[nH]1. The Balaban J connectivity index is 1.61. The van der Waals surface area contributed by atoms with Crippen LogP contribution in [0.1, 0.15) is 39.6 Å². The summed E-state index contributed by atoms with van der Waals surface area (Å²) in [4.78, 5) is 30.1. The highest BCUT2D eigenvalue weighted by Gasteiger charge is 2.86. The molecule has 5 heterocycles. The molecule has 0 amide bonds. The van der Waals surface area contributed by atoms with Gasteiger partial charge in [0.05, 0.1) is 28.9 Å². The maximum Gasteiger partial charge on any atom is 0.226 e. The maximum absolute atomic E-state index is 13.0. The van der Waals surface area contributed by atoms with Crippen LogP contribution in [0.3, 0.4) is 0 Å². The smallest absolute Gasteiger partial charge is 0.226 e. The van der Waals surface area contributed by atoms with Gasteiger partial charge in [0.1, 0.15) is 23.3 Å². The first kappa shape index (κ1) is 35.6. The van der Waals surface area contributed by atoms with Crippen LogP contribution in [-0.4, -0.2) is 29.9 Å². The molecule has 0 spiro atoms. The van der Waals surface area contributed by atoms with Crippen molar-refractivity contribution in [2.24, 2.45) is 0 Å². The van der Waals surface area contributed by atoms with Crippen molar-refractivity contribution in [1.82, 2.24) is 29.9 Å². The number of nitrogens with zero attached hydrogens (tertiary/aromatic N) is 6. The first-order valence-electron chi connectivity index (χ1n) is 19.6. The summed E-state index contributed by atoms with van der Waals surface area (Å²) in [7, 11) is 0. The van der Waals surface area contributed by atoms with Crippen LogP contribution in [0, 0.1) is 11.3 Å². The van der Waals surface area contributed by atoms with E-state index in [-0.39, 0.29) is 6.42 Å². The Labute approximate surface area is 341 Å². The molecular weight excluding hydrogens is 729 g/mol. The summed E-state index contributed by atoms with van der Waals surface area (Å²) in [6.45, 7) is 0. The van der Waals surface area contributed by atoms with Crippen molar-refractivity contribution in [3.05, 3.63) is 247 Å². The van der Waals surface area contributed by atoms with Crippen LogP contribution >= 0.6 is 0 Å². The van der Waals surface area contributed by atoms with Crippen molar-refractivity contribution in [2.75, 3.05) is 4.90 Å². The Hall–Kier alpha value is -7.83. The average molecular weight is 767 g/mol. The van der Waals surface area contributed by atoms with E-state index >= 15 is 0 Å². The van der Waals surface area contributed by atoms with Crippen molar-refractivity contribution in [2.45, 2.75) is 28.3 Å². The maximum atomic E-state index is 13.0. The van der Waals surface area contributed by atoms with E-state index in [1.807, 2.05) is 104 Å². The molecule has 1 fully saturated rings. The fourth-order valence-electron chi connectivity index (χ4n) is 10.4. The minimum absolute atomic E-state index is 0.254. The third-order valence-electron chi connectivity index (χ3n) is 12.1. The molecule has 0 radical (unpaired) electrons. The Kier molecular flexibility index (Phi) is 8.61. The Morgan fingerprint density at radius 1 is 0.559 bits per heavy atom. The first-order chi connectivity index (χ1) is 29.2. The summed E-state index contributed by atoms with van der Waals surface area (Å²) in [6.07, 6.45) is 12.6. The zero-order valence-corrected chi connectivity index (χ0v) is 31.9. The number of anilines is 1. The van der Waals surface area contributed by atoms with Gasteiger partial charge in [0, 0.05) is 48.7 Å². The van der Waals surface area contributed by atoms with Crippen LogP contribution in [0.4, 0.5) is 5.69 Å². The zero-order chi connectivity index (χ0) is 39.8. The summed E-state index contributed by atoms with van der Waals surface area (Å²) in [5.74, 6) is 1.72. The minimum Gasteiger partial charge on any atom is -0.445 e. The number of hydrogen-bond donors (Lipinski definition) is 2. The van der Waals surface area contributed by atoms with Crippen LogP contribution in [0.25, 0.3) is 11.5 Å². The summed E-state index contributed by atoms with van der Waals surface area (Å²) in [6, 6.07) is 58.7. The third kappa shape index (κ3) is 4.83. The lowest BCUT2D eigenvalue weighted by Gasteiger charge is -2.54. The fourth-order valence-corrected chi connectivity index (χ4v) is 10.4. The van der Waals surface area contributed by atoms with Gasteiger partial charge in [0.2, 0.25) is 5.89 Å². The number of pyridine rings is 1. The molecule has 5 aromatic carbocycles. The predicted octanol–water partition coefficient (Wildman–Crippen LogP) is 9.53. The lowest BCUT2D eigenvalue weighted by molar-refractivity contribution is 0.209. The number of aromatic nitrogens is 6. The standard InChI is InChI=1S/C50H38N8O/c51-36-48(37-17-5-1-6-18-37)50(46-56-31-32-57-46,39-21-9-3-10-22-39)49(38-19-7-2-8-20-38,43-27-15-16-28-52-43)47(35-44-53-29-30-54-44,58(48)40-23-11-4-12-24-40)42-26-14-13-25-41(42)45-55-33-34-59-45/h1-34H,35H2,(H,53,54)(H,56,57). The van der Waals surface area contributed by atoms with E-state index in [0.717, 1.165) is 33.5 Å². The highest BCUT2D eigenvalue weighted by molar-refractivity contribution is 5.80. The molecule has 4 aromatic heterocycles. The van der Waals surface area contributed by atoms with E-state index in [4.69, 9.17) is 24.4 Å². The lowest BCUT2D eigenvalue weighted by Crippen LogP contribution is -2.62. The monoisotopic (exact) mass is 766 g/mol. The van der Waals surface area contributed by atoms with Gasteiger partial charge in [-0.15, -0.1) is 0 Å². The second kappa shape index (κ2) is 14.3. The highest BCUT2D eigenvalue weighted by Crippen LogP contribution is 2.77. The van der Waals surface area contributed by atoms with Gasteiger partial charge in [-0.2, -0.15) is 5.26 Å². The summed E-state index contributed by atoms with van der Waals surface area (Å²) >= 11 is 0. The molecule has 4 atom stereocenters. The van der Waals surface area contributed by atoms with Crippen molar-refractivity contribution < 1.29 is 4.42 Å². The molecule has 9 nitrogen and oxygen atoms in total. The van der Waals surface area contributed by atoms with Gasteiger partial charge >= 0.3 is 0 Å². The van der Waals surface area contributed by atoms with E-state index in [9.17, 15) is 5.26 Å². The number of aromatic amines is 2. The Morgan fingerprint density at radius 3 is 1.76 bits per heavy atom. The molecular formula is C50H38N8O. The highest BCUT2D eigenvalue weighted by atomic mass is 16.3. The molecule has 10 rings (SSSR count). The number of oxazole rings is 1. The quantitative estimate of drug-likeness (QED) is 0.142. The number of H-pyrrole nitrogens is 2. The van der Waals surface area contributed by atoms with Gasteiger partial charge in [0.15, 0.2) is 5.54 Å². The number of hydrogen-bond acceptors (Lipinski definition) is 7. The lowest BCUT2D eigenvalue weighted by atomic mass is 9.44. The number of nitriles is 1. The summed E-state index contributed by atoms with van der Waals surface area (Å²) < 4.78 is 6.24. The molecule has 0 bridgehead atoms. The Bertz CT molecular complexity index is 2770. The first-order valence-corrected chi connectivity index (χ1v) is 19.6. The predicted molar refractivity (Wildman–Crippen MR) is 226 cm³/mol. The van der Waals surface area contributed by atoms with Gasteiger partial charge in [-0.3, -0.25) is 4.98 Å². The van der Waals surface area contributed by atoms with Crippen LogP contribution in [0.5, 0.6) is 0 Å². The molecule has 1 saturated heterocycles. The number of benzene rings is 5. The number of nitrogens with one attached hydrogen (secondary N) is 2. The molecule has 9 heteroatoms. The summed E-state index contributed by atoms with van der Waals surface area (Å²) in [5, 5.41) is 13.0. The molecule has 2 N–H and O–H groups in total. The minimum atomic E-state index is -1.63. The van der Waals surface area contributed by atoms with Gasteiger partial charge in [-0.1, -0.05) is 133 Å². The number of rotatable bonds is 10. The van der Waals surface area contributed by atoms with Crippen LogP contribution in [-0.2, 0) is 28.3 Å². The van der Waals surface area contributed by atoms with Crippen LogP contribution in [0.15, 0.2) is 212 Å². The topological polar surface area (TPSA) is 123 Å². The Morgan fingerprint density at radius 2 is 1.17 bits per heavy atom. The number of para-hydroxylation sites is 1. The van der Waals surface area contributed by atoms with Crippen molar-refractivity contribution >= 4 is 5.69 Å². The van der Waals surface area contributed by atoms with Crippen molar-refractivity contribution in [3.63, 3.8) is 0 Å². The van der Waals surface area contributed by atoms with E-state index in [0.29, 0.717) is 23.2 Å². The van der Waals surface area contributed by atoms with E-state index in [1.165, 1.54) is 0 Å². The van der Waals surface area contributed by atoms with E-state index in [2.05, 4.69) is 99.8 Å². The van der Waals surface area contributed by atoms with Crippen molar-refractivity contribution in [3.8, 4) is 17.5 Å². The molecule has 0 aliphatic carbocycles. The second-order valence-electron chi connectivity index (χ2n) is 14.7. The molecule has 9 aromatic rings. The third-order valence-corrected chi connectivity index (χ3v) is 12.1. The summed E-state index contributed by atoms with van der Waals surface area (Å²) in [5.41, 5.74) is -0.172. The van der Waals surface area contributed by atoms with Crippen LogP contribution in [0.2, 0.25) is 0 Å². The fraction of sp³-hybridized carbons (Fsp3) is 0.100. The zero-order valence-electron chi connectivity index (χ0n) is 31.9. The van der Waals surface area contributed by atoms with E-state index < -0.39 is 21.9 Å². The van der Waals surface area contributed by atoms with Gasteiger partial charge in [-0.25, -0.2) is 15.0 Å².